The van der Waals surface area contributed by atoms with Crippen LogP contribution in [-0.2, 0) is 4.79 Å². The molecule has 1 amide bonds. The van der Waals surface area contributed by atoms with Crippen LogP contribution in [0.5, 0.6) is 0 Å². The lowest BCUT2D eigenvalue weighted by Gasteiger charge is -2.37. The quantitative estimate of drug-likeness (QED) is 0.810. The highest BCUT2D eigenvalue weighted by Gasteiger charge is 2.24. The maximum absolute atomic E-state index is 14.4. The van der Waals surface area contributed by atoms with Gasteiger partial charge in [-0.05, 0) is 31.0 Å². The van der Waals surface area contributed by atoms with Gasteiger partial charge in [0.25, 0.3) is 0 Å². The van der Waals surface area contributed by atoms with Crippen LogP contribution in [0.2, 0.25) is 0 Å². The van der Waals surface area contributed by atoms with Gasteiger partial charge in [0.2, 0.25) is 5.91 Å². The summed E-state index contributed by atoms with van der Waals surface area (Å²) in [5.41, 5.74) is 0.733. The van der Waals surface area contributed by atoms with Crippen LogP contribution in [0.4, 0.5) is 14.5 Å². The number of amides is 1. The molecule has 2 fully saturated rings. The Labute approximate surface area is 163 Å². The van der Waals surface area contributed by atoms with E-state index >= 15 is 0 Å². The number of benzene rings is 1. The largest absolute Gasteiger partial charge is 0.368 e. The fourth-order valence-electron chi connectivity index (χ4n) is 4.20. The minimum absolute atomic E-state index is 0.0660. The maximum atomic E-state index is 14.4. The molecule has 4 rings (SSSR count). The molecule has 2 aliphatic rings. The zero-order valence-corrected chi connectivity index (χ0v) is 16.0. The summed E-state index contributed by atoms with van der Waals surface area (Å²) >= 11 is 0. The van der Waals surface area contributed by atoms with E-state index in [0.29, 0.717) is 25.3 Å². The van der Waals surface area contributed by atoms with Crippen molar-refractivity contribution in [2.24, 2.45) is 0 Å². The van der Waals surface area contributed by atoms with Gasteiger partial charge in [0.15, 0.2) is 0 Å². The van der Waals surface area contributed by atoms with Gasteiger partial charge in [-0.2, -0.15) is 0 Å². The summed E-state index contributed by atoms with van der Waals surface area (Å²) in [6.45, 7) is 4.96. The number of halogens is 2. The monoisotopic (exact) mass is 388 g/mol. The zero-order valence-electron chi connectivity index (χ0n) is 16.0. The molecule has 7 heteroatoms. The van der Waals surface area contributed by atoms with Crippen LogP contribution in [0.25, 0.3) is 10.9 Å². The molecule has 0 aliphatic carbocycles. The molecule has 2 aromatic rings. The van der Waals surface area contributed by atoms with Gasteiger partial charge < -0.3 is 9.80 Å². The summed E-state index contributed by atoms with van der Waals surface area (Å²) in [5.74, 6) is -0.768. The highest BCUT2D eigenvalue weighted by Crippen LogP contribution is 2.30. The smallest absolute Gasteiger partial charge is 0.236 e. The molecule has 5 nitrogen and oxygen atoms in total. The Morgan fingerprint density at radius 3 is 2.29 bits per heavy atom. The first-order valence-corrected chi connectivity index (χ1v) is 10.1. The molecule has 2 saturated heterocycles. The predicted octanol–water partition coefficient (Wildman–Crippen LogP) is 3.04. The third kappa shape index (κ3) is 3.94. The van der Waals surface area contributed by atoms with Crippen LogP contribution < -0.4 is 4.90 Å². The van der Waals surface area contributed by atoms with E-state index in [1.807, 2.05) is 4.90 Å². The van der Waals surface area contributed by atoms with Gasteiger partial charge in [0.1, 0.15) is 17.2 Å². The Balaban J connectivity index is 1.41. The van der Waals surface area contributed by atoms with E-state index in [1.165, 1.54) is 19.0 Å². The number of anilines is 1. The van der Waals surface area contributed by atoms with Crippen LogP contribution in [0.1, 0.15) is 25.7 Å². The molecule has 150 valence electrons. The fourth-order valence-corrected chi connectivity index (χ4v) is 4.20. The second-order valence-electron chi connectivity index (χ2n) is 7.64. The summed E-state index contributed by atoms with van der Waals surface area (Å²) in [5, 5.41) is 0.233. The summed E-state index contributed by atoms with van der Waals surface area (Å²) in [6, 6.07) is 4.00. The van der Waals surface area contributed by atoms with Crippen molar-refractivity contribution < 1.29 is 13.6 Å². The fraction of sp³-hybridized carbons (Fsp3) is 0.524. The van der Waals surface area contributed by atoms with Gasteiger partial charge in [0.05, 0.1) is 17.6 Å². The third-order valence-corrected chi connectivity index (χ3v) is 5.80. The van der Waals surface area contributed by atoms with Crippen molar-refractivity contribution in [3.05, 3.63) is 36.0 Å². The second-order valence-corrected chi connectivity index (χ2v) is 7.64. The van der Waals surface area contributed by atoms with Gasteiger partial charge in [-0.3, -0.25) is 14.7 Å². The second kappa shape index (κ2) is 8.39. The number of likely N-dealkylation sites (tertiary alicyclic amines) is 1. The maximum Gasteiger partial charge on any atom is 0.236 e. The van der Waals surface area contributed by atoms with Gasteiger partial charge in [-0.15, -0.1) is 0 Å². The van der Waals surface area contributed by atoms with E-state index in [4.69, 9.17) is 0 Å². The average molecular weight is 388 g/mol. The van der Waals surface area contributed by atoms with Crippen molar-refractivity contribution in [1.29, 1.82) is 0 Å². The van der Waals surface area contributed by atoms with Crippen LogP contribution in [0, 0.1) is 11.6 Å². The molecule has 0 unspecified atom stereocenters. The highest BCUT2D eigenvalue weighted by molar-refractivity contribution is 5.92. The standard InChI is InChI=1S/C21H26F2N4O/c22-16-5-6-17(23)21-20(16)18(7-8-24-21)26-13-11-25(12-14-26)15-19(28)27-9-3-1-2-4-10-27/h5-8H,1-4,9-15H2. The van der Waals surface area contributed by atoms with E-state index in [0.717, 1.165) is 51.2 Å². The van der Waals surface area contributed by atoms with Crippen LogP contribution >= 0.6 is 0 Å². The van der Waals surface area contributed by atoms with Gasteiger partial charge in [0, 0.05) is 45.5 Å². The molecule has 0 atom stereocenters. The molecular weight excluding hydrogens is 362 g/mol. The molecule has 1 aromatic carbocycles. The number of fused-ring (bicyclic) bond motifs is 1. The van der Waals surface area contributed by atoms with Crippen molar-refractivity contribution in [2.45, 2.75) is 25.7 Å². The van der Waals surface area contributed by atoms with Crippen molar-refractivity contribution in [3.63, 3.8) is 0 Å². The Bertz CT molecular complexity index is 844. The van der Waals surface area contributed by atoms with Crippen LogP contribution in [-0.4, -0.2) is 66.5 Å². The number of piperazine rings is 1. The number of carbonyl (C=O) groups is 1. The Kier molecular flexibility index (Phi) is 5.71. The molecule has 2 aliphatic heterocycles. The average Bonchev–Trinajstić information content (AvgIpc) is 3.01. The zero-order chi connectivity index (χ0) is 19.5. The molecule has 0 bridgehead atoms. The van der Waals surface area contributed by atoms with Crippen molar-refractivity contribution >= 4 is 22.5 Å². The van der Waals surface area contributed by atoms with E-state index < -0.39 is 11.6 Å². The molecular formula is C21H26F2N4O. The number of carbonyl (C=O) groups excluding carboxylic acids is 1. The van der Waals surface area contributed by atoms with E-state index in [2.05, 4.69) is 14.8 Å². The molecule has 1 aromatic heterocycles. The number of aromatic nitrogens is 1. The van der Waals surface area contributed by atoms with E-state index in [1.54, 1.807) is 6.07 Å². The SMILES string of the molecule is O=C(CN1CCN(c2ccnc3c(F)ccc(F)c23)CC1)N1CCCCCC1. The first-order valence-electron chi connectivity index (χ1n) is 10.1. The van der Waals surface area contributed by atoms with Crippen molar-refractivity contribution in [1.82, 2.24) is 14.8 Å². The predicted molar refractivity (Wildman–Crippen MR) is 105 cm³/mol. The van der Waals surface area contributed by atoms with Gasteiger partial charge in [-0.1, -0.05) is 12.8 Å². The summed E-state index contributed by atoms with van der Waals surface area (Å²) in [7, 11) is 0. The third-order valence-electron chi connectivity index (χ3n) is 5.80. The minimum atomic E-state index is -0.514. The number of rotatable bonds is 3. The van der Waals surface area contributed by atoms with E-state index in [-0.39, 0.29) is 16.8 Å². The van der Waals surface area contributed by atoms with Gasteiger partial charge >= 0.3 is 0 Å². The van der Waals surface area contributed by atoms with E-state index in [9.17, 15) is 13.6 Å². The molecule has 28 heavy (non-hydrogen) atoms. The molecule has 0 saturated carbocycles. The van der Waals surface area contributed by atoms with Crippen molar-refractivity contribution in [2.75, 3.05) is 50.7 Å². The van der Waals surface area contributed by atoms with Gasteiger partial charge in [-0.25, -0.2) is 8.78 Å². The molecule has 0 radical (unpaired) electrons. The summed E-state index contributed by atoms with van der Waals surface area (Å²) in [6.07, 6.45) is 6.13. The molecule has 0 N–H and O–H groups in total. The molecule has 3 heterocycles. The minimum Gasteiger partial charge on any atom is -0.368 e. The topological polar surface area (TPSA) is 39.7 Å². The lowest BCUT2D eigenvalue weighted by molar-refractivity contribution is -0.132. The first-order chi connectivity index (χ1) is 13.6. The normalized spacial score (nSPS) is 19.1. The number of hydrogen-bond donors (Lipinski definition) is 0. The Hall–Kier alpha value is -2.28. The first kappa shape index (κ1) is 19.1. The van der Waals surface area contributed by atoms with Crippen molar-refractivity contribution in [3.8, 4) is 0 Å². The Morgan fingerprint density at radius 1 is 0.893 bits per heavy atom. The highest BCUT2D eigenvalue weighted by atomic mass is 19.1. The number of pyridine rings is 1. The lowest BCUT2D eigenvalue weighted by atomic mass is 10.1. The van der Waals surface area contributed by atoms with Crippen LogP contribution in [0.15, 0.2) is 24.4 Å². The molecule has 0 spiro atoms. The Morgan fingerprint density at radius 2 is 1.57 bits per heavy atom. The number of nitrogens with zero attached hydrogens (tertiary/aromatic N) is 4. The summed E-state index contributed by atoms with van der Waals surface area (Å²) < 4.78 is 28.4. The summed E-state index contributed by atoms with van der Waals surface area (Å²) in [4.78, 5) is 22.8. The lowest BCUT2D eigenvalue weighted by Crippen LogP contribution is -2.50. The van der Waals surface area contributed by atoms with Crippen LogP contribution in [0.3, 0.4) is 0 Å². The number of hydrogen-bond acceptors (Lipinski definition) is 4.